The average molecular weight is 447 g/mol. The number of nitrogens with one attached hydrogen (secondary N) is 1. The molecule has 1 amide bonds. The molecule has 5 atom stereocenters. The lowest BCUT2D eigenvalue weighted by molar-refractivity contribution is -0.281. The molecule has 13 heteroatoms. The van der Waals surface area contributed by atoms with E-state index in [2.05, 4.69) is 16.6 Å². The molecule has 174 valence electrons. The quantitative estimate of drug-likeness (QED) is 0.250. The maximum absolute atomic E-state index is 11.6. The summed E-state index contributed by atoms with van der Waals surface area (Å²) in [7, 11) is 0. The molecule has 0 bridgehead atoms. The number of amides is 1. The zero-order chi connectivity index (χ0) is 23.6. The molecule has 0 unspecified atom stereocenters. The molecule has 2 N–H and O–H groups in total. The Kier molecular flexibility index (Phi) is 10.4. The number of esters is 3. The number of carboxylic acid groups (broad SMARTS) is 1. The van der Waals surface area contributed by atoms with Gasteiger partial charge in [-0.15, -0.1) is 0 Å². The minimum Gasteiger partial charge on any atom is -0.480 e. The molecule has 0 saturated carbocycles. The minimum absolute atomic E-state index is 0.138. The van der Waals surface area contributed by atoms with Crippen molar-refractivity contribution in [1.29, 1.82) is 0 Å². The maximum atomic E-state index is 11.6. The van der Waals surface area contributed by atoms with E-state index in [0.29, 0.717) is 0 Å². The number of hydrogen-bond donors (Lipinski definition) is 2. The second-order valence-corrected chi connectivity index (χ2v) is 6.25. The van der Waals surface area contributed by atoms with Crippen LogP contribution in [0.1, 0.15) is 20.8 Å². The van der Waals surface area contributed by atoms with Crippen LogP contribution < -0.4 is 5.32 Å². The largest absolute Gasteiger partial charge is 0.480 e. The fourth-order valence-corrected chi connectivity index (χ4v) is 2.54. The van der Waals surface area contributed by atoms with Crippen molar-refractivity contribution in [2.24, 2.45) is 0 Å². The summed E-state index contributed by atoms with van der Waals surface area (Å²) >= 11 is 0. The molecule has 0 aromatic rings. The molecule has 31 heavy (non-hydrogen) atoms. The minimum atomic E-state index is -1.54. The normalized spacial score (nSPS) is 23.6. The van der Waals surface area contributed by atoms with Crippen molar-refractivity contribution in [2.75, 3.05) is 19.8 Å². The van der Waals surface area contributed by atoms with Gasteiger partial charge in [-0.3, -0.25) is 14.4 Å². The predicted octanol–water partition coefficient (Wildman–Crippen LogP) is -0.480. The van der Waals surface area contributed by atoms with Gasteiger partial charge in [0.1, 0.15) is 6.61 Å². The second-order valence-electron chi connectivity index (χ2n) is 6.25. The third-order valence-corrected chi connectivity index (χ3v) is 3.65. The number of ether oxygens (including phenoxy) is 6. The van der Waals surface area contributed by atoms with Crippen molar-refractivity contribution < 1.29 is 57.5 Å². The Morgan fingerprint density at radius 1 is 1.06 bits per heavy atom. The van der Waals surface area contributed by atoms with Crippen molar-refractivity contribution in [3.8, 4) is 0 Å². The first-order chi connectivity index (χ1) is 14.5. The van der Waals surface area contributed by atoms with E-state index in [9.17, 15) is 29.1 Å². The predicted molar refractivity (Wildman–Crippen MR) is 98.5 cm³/mol. The summed E-state index contributed by atoms with van der Waals surface area (Å²) in [5, 5.41) is 11.4. The fraction of sp³-hybridized carbons (Fsp3) is 0.611. The van der Waals surface area contributed by atoms with E-state index in [-0.39, 0.29) is 13.2 Å². The monoisotopic (exact) mass is 447 g/mol. The summed E-state index contributed by atoms with van der Waals surface area (Å²) < 4.78 is 30.8. The van der Waals surface area contributed by atoms with Crippen molar-refractivity contribution >= 4 is 30.0 Å². The zero-order valence-corrected chi connectivity index (χ0v) is 17.2. The molecule has 1 aliphatic rings. The van der Waals surface area contributed by atoms with Crippen LogP contribution in [0.25, 0.3) is 0 Å². The van der Waals surface area contributed by atoms with E-state index < -0.39 is 67.2 Å². The number of aliphatic carboxylic acids is 1. The Labute approximate surface area is 177 Å². The number of alkyl carbamates (subject to hydrolysis) is 1. The fourth-order valence-electron chi connectivity index (χ4n) is 2.54. The highest BCUT2D eigenvalue weighted by Gasteiger charge is 2.47. The van der Waals surface area contributed by atoms with Gasteiger partial charge < -0.3 is 38.8 Å². The summed E-state index contributed by atoms with van der Waals surface area (Å²) in [5.74, 6) is -3.68. The third kappa shape index (κ3) is 9.00. The number of carboxylic acids is 1. The van der Waals surface area contributed by atoms with Gasteiger partial charge in [0, 0.05) is 20.8 Å². The molecular formula is C18H25NO12. The Bertz CT molecular complexity index is 693. The van der Waals surface area contributed by atoms with E-state index in [1.165, 1.54) is 6.08 Å². The highest BCUT2D eigenvalue weighted by molar-refractivity contribution is 5.80. The van der Waals surface area contributed by atoms with Gasteiger partial charge >= 0.3 is 30.0 Å². The van der Waals surface area contributed by atoms with E-state index in [4.69, 9.17) is 23.7 Å². The molecular weight excluding hydrogens is 422 g/mol. The maximum Gasteiger partial charge on any atom is 0.408 e. The van der Waals surface area contributed by atoms with Crippen molar-refractivity contribution in [1.82, 2.24) is 5.32 Å². The smallest absolute Gasteiger partial charge is 0.408 e. The lowest BCUT2D eigenvalue weighted by Gasteiger charge is -2.40. The number of carbonyl (C=O) groups excluding carboxylic acids is 4. The first-order valence-corrected chi connectivity index (χ1v) is 9.07. The second kappa shape index (κ2) is 12.5. The van der Waals surface area contributed by atoms with Gasteiger partial charge in [0.25, 0.3) is 0 Å². The van der Waals surface area contributed by atoms with Gasteiger partial charge in [0.2, 0.25) is 0 Å². The van der Waals surface area contributed by atoms with Crippen molar-refractivity contribution in [3.63, 3.8) is 0 Å². The highest BCUT2D eigenvalue weighted by Crippen LogP contribution is 2.25. The summed E-state index contributed by atoms with van der Waals surface area (Å²) in [6, 6.07) is -1.54. The van der Waals surface area contributed by atoms with Crippen LogP contribution in [0.4, 0.5) is 4.79 Å². The summed E-state index contributed by atoms with van der Waals surface area (Å²) in [6.45, 7) is 5.60. The van der Waals surface area contributed by atoms with Crippen LogP contribution in [-0.2, 0) is 47.6 Å². The molecule has 0 aliphatic carbocycles. The molecule has 0 aromatic heterocycles. The topological polar surface area (TPSA) is 173 Å². The zero-order valence-electron chi connectivity index (χ0n) is 17.2. The Morgan fingerprint density at radius 2 is 1.65 bits per heavy atom. The Morgan fingerprint density at radius 3 is 2.16 bits per heavy atom. The van der Waals surface area contributed by atoms with Crippen LogP contribution in [0.15, 0.2) is 12.7 Å². The van der Waals surface area contributed by atoms with Gasteiger partial charge in [0.05, 0.1) is 13.2 Å². The van der Waals surface area contributed by atoms with Crippen LogP contribution in [0, 0.1) is 0 Å². The van der Waals surface area contributed by atoms with E-state index in [0.717, 1.165) is 20.8 Å². The molecule has 1 rings (SSSR count). The molecule has 1 saturated heterocycles. The summed E-state index contributed by atoms with van der Waals surface area (Å²) in [4.78, 5) is 57.4. The van der Waals surface area contributed by atoms with E-state index >= 15 is 0 Å². The van der Waals surface area contributed by atoms with Crippen molar-refractivity contribution in [3.05, 3.63) is 12.7 Å². The summed E-state index contributed by atoms with van der Waals surface area (Å²) in [5.41, 5.74) is 0. The van der Waals surface area contributed by atoms with E-state index in [1.54, 1.807) is 0 Å². The molecule has 1 aliphatic heterocycles. The molecule has 1 heterocycles. The third-order valence-electron chi connectivity index (χ3n) is 3.65. The SMILES string of the molecule is C=CCOC(=O)N[C@@H](CO[C@@H]1OC[C@@H](OC(C)=O)[C@H](OC(C)=O)[C@H]1OC(C)=O)C(=O)O. The van der Waals surface area contributed by atoms with Crippen LogP contribution in [0.5, 0.6) is 0 Å². The average Bonchev–Trinajstić information content (AvgIpc) is 2.65. The van der Waals surface area contributed by atoms with Gasteiger partial charge in [-0.2, -0.15) is 0 Å². The first kappa shape index (κ1) is 25.8. The van der Waals surface area contributed by atoms with Crippen LogP contribution in [0.2, 0.25) is 0 Å². The lowest BCUT2D eigenvalue weighted by atomic mass is 10.0. The number of rotatable bonds is 10. The molecule has 0 spiro atoms. The van der Waals surface area contributed by atoms with Gasteiger partial charge in [-0.05, 0) is 0 Å². The molecule has 0 radical (unpaired) electrons. The molecule has 1 fully saturated rings. The molecule has 13 nitrogen and oxygen atoms in total. The van der Waals surface area contributed by atoms with Crippen LogP contribution in [-0.4, -0.2) is 85.5 Å². The number of carbonyl (C=O) groups is 5. The van der Waals surface area contributed by atoms with Gasteiger partial charge in [-0.1, -0.05) is 12.7 Å². The van der Waals surface area contributed by atoms with E-state index in [1.807, 2.05) is 0 Å². The first-order valence-electron chi connectivity index (χ1n) is 9.07. The highest BCUT2D eigenvalue weighted by atomic mass is 16.7. The van der Waals surface area contributed by atoms with Gasteiger partial charge in [-0.25, -0.2) is 9.59 Å². The summed E-state index contributed by atoms with van der Waals surface area (Å²) in [6.07, 6.45) is -4.90. The lowest BCUT2D eigenvalue weighted by Crippen LogP contribution is -2.58. The molecule has 0 aromatic carbocycles. The number of hydrogen-bond acceptors (Lipinski definition) is 11. The van der Waals surface area contributed by atoms with Crippen LogP contribution >= 0.6 is 0 Å². The Balaban J connectivity index is 2.95. The van der Waals surface area contributed by atoms with Gasteiger partial charge in [0.15, 0.2) is 30.6 Å². The van der Waals surface area contributed by atoms with Crippen molar-refractivity contribution in [2.45, 2.75) is 51.4 Å². The van der Waals surface area contributed by atoms with Crippen LogP contribution in [0.3, 0.4) is 0 Å². The standard InChI is InChI=1S/C18H25NO12/c1-5-6-26-18(25)19-12(16(23)24)7-27-17-15(31-11(4)22)14(30-10(3)21)13(8-28-17)29-9(2)20/h5,12-15,17H,1,6-8H2,2-4H3,(H,19,25)(H,23,24)/t12-,13+,14-,15+,17+/m0/s1. The Hall–Kier alpha value is -3.19.